The molecular weight excluding hydrogens is 394 g/mol. The maximum Gasteiger partial charge on any atom is 0.513 e. The molecule has 0 radical (unpaired) electrons. The summed E-state index contributed by atoms with van der Waals surface area (Å²) in [4.78, 5) is 33.4. The first-order valence-electron chi connectivity index (χ1n) is 7.57. The Morgan fingerprint density at radius 2 is 1.93 bits per heavy atom. The summed E-state index contributed by atoms with van der Waals surface area (Å²) in [5, 5.41) is 14.6. The largest absolute Gasteiger partial charge is 0.513 e. The van der Waals surface area contributed by atoms with Crippen molar-refractivity contribution in [1.82, 2.24) is 5.43 Å². The van der Waals surface area contributed by atoms with Gasteiger partial charge >= 0.3 is 6.16 Å². The Hall–Kier alpha value is -3.66. The van der Waals surface area contributed by atoms with Crippen molar-refractivity contribution in [2.24, 2.45) is 5.10 Å². The number of methoxy groups -OCH3 is 2. The molecule has 1 N–H and O–H groups in total. The van der Waals surface area contributed by atoms with E-state index in [1.807, 2.05) is 0 Å². The van der Waals surface area contributed by atoms with Crippen molar-refractivity contribution in [3.05, 3.63) is 62.7 Å². The Morgan fingerprint density at radius 3 is 2.57 bits per heavy atom. The zero-order chi connectivity index (χ0) is 20.7. The third-order valence-corrected chi connectivity index (χ3v) is 3.65. The Kier molecular flexibility index (Phi) is 6.88. The van der Waals surface area contributed by atoms with E-state index >= 15 is 0 Å². The van der Waals surface area contributed by atoms with Crippen LogP contribution in [0.25, 0.3) is 0 Å². The predicted molar refractivity (Wildman–Crippen MR) is 99.2 cm³/mol. The molecule has 2 aromatic carbocycles. The molecule has 0 heterocycles. The van der Waals surface area contributed by atoms with Crippen molar-refractivity contribution >= 4 is 35.6 Å². The number of benzene rings is 2. The van der Waals surface area contributed by atoms with Gasteiger partial charge in [-0.05, 0) is 35.9 Å². The Balaban J connectivity index is 2.10. The molecule has 0 aliphatic heterocycles. The molecule has 0 spiro atoms. The molecule has 0 unspecified atom stereocenters. The van der Waals surface area contributed by atoms with Crippen molar-refractivity contribution in [1.29, 1.82) is 0 Å². The van der Waals surface area contributed by atoms with Crippen LogP contribution in [-0.4, -0.2) is 37.4 Å². The van der Waals surface area contributed by atoms with Crippen molar-refractivity contribution in [2.45, 2.75) is 0 Å². The molecule has 0 aliphatic rings. The molecule has 0 aromatic heterocycles. The van der Waals surface area contributed by atoms with E-state index < -0.39 is 17.0 Å². The quantitative estimate of drug-likeness (QED) is 0.256. The van der Waals surface area contributed by atoms with Crippen LogP contribution in [-0.2, 0) is 4.74 Å². The summed E-state index contributed by atoms with van der Waals surface area (Å²) in [7, 11) is 2.56. The van der Waals surface area contributed by atoms with Crippen LogP contribution in [0, 0.1) is 10.1 Å². The number of nitro benzene ring substituents is 1. The number of carbonyl (C=O) groups excluding carboxylic acids is 2. The summed E-state index contributed by atoms with van der Waals surface area (Å²) in [6.45, 7) is 0. The highest BCUT2D eigenvalue weighted by atomic mass is 35.5. The minimum absolute atomic E-state index is 0.0210. The maximum atomic E-state index is 12.1. The summed E-state index contributed by atoms with van der Waals surface area (Å²) < 4.78 is 14.4. The molecule has 0 atom stereocenters. The van der Waals surface area contributed by atoms with E-state index in [9.17, 15) is 19.7 Å². The van der Waals surface area contributed by atoms with Crippen molar-refractivity contribution in [3.8, 4) is 11.5 Å². The van der Waals surface area contributed by atoms with Crippen LogP contribution in [0.2, 0.25) is 5.02 Å². The predicted octanol–water partition coefficient (Wildman–Crippen LogP) is 3.17. The highest BCUT2D eigenvalue weighted by molar-refractivity contribution is 6.32. The van der Waals surface area contributed by atoms with Crippen LogP contribution in [0.1, 0.15) is 15.9 Å². The van der Waals surface area contributed by atoms with Gasteiger partial charge in [-0.15, -0.1) is 0 Å². The van der Waals surface area contributed by atoms with Gasteiger partial charge in [0.25, 0.3) is 11.6 Å². The number of ether oxygens (including phenoxy) is 3. The summed E-state index contributed by atoms with van der Waals surface area (Å²) in [5.74, 6) is -0.272. The lowest BCUT2D eigenvalue weighted by molar-refractivity contribution is -0.384. The van der Waals surface area contributed by atoms with E-state index in [2.05, 4.69) is 15.3 Å². The van der Waals surface area contributed by atoms with Crippen LogP contribution in [0.5, 0.6) is 11.5 Å². The number of nitrogens with zero attached hydrogens (tertiary/aromatic N) is 2. The van der Waals surface area contributed by atoms with Gasteiger partial charge in [0.15, 0.2) is 11.5 Å². The first-order valence-corrected chi connectivity index (χ1v) is 7.94. The molecule has 10 nitrogen and oxygen atoms in total. The SMILES string of the molecule is COC(=O)Oc1ccc(/C=N\NC(=O)c2ccc(Cl)c([N+](=O)[O-])c2)cc1OC. The zero-order valence-electron chi connectivity index (χ0n) is 14.7. The number of nitrogens with one attached hydrogen (secondary N) is 1. The van der Waals surface area contributed by atoms with E-state index in [1.54, 1.807) is 6.07 Å². The minimum atomic E-state index is -0.899. The van der Waals surface area contributed by atoms with Gasteiger partial charge in [0.2, 0.25) is 0 Å². The minimum Gasteiger partial charge on any atom is -0.493 e. The Labute approximate surface area is 163 Å². The number of hydrazone groups is 1. The van der Waals surface area contributed by atoms with E-state index in [1.165, 1.54) is 44.7 Å². The monoisotopic (exact) mass is 407 g/mol. The lowest BCUT2D eigenvalue weighted by atomic mass is 10.2. The molecule has 146 valence electrons. The van der Waals surface area contributed by atoms with Crippen LogP contribution < -0.4 is 14.9 Å². The number of carbonyl (C=O) groups is 2. The van der Waals surface area contributed by atoms with Gasteiger partial charge in [-0.1, -0.05) is 11.6 Å². The maximum absolute atomic E-state index is 12.1. The summed E-state index contributed by atoms with van der Waals surface area (Å²) in [6, 6.07) is 8.17. The smallest absolute Gasteiger partial charge is 0.493 e. The van der Waals surface area contributed by atoms with Gasteiger partial charge in [-0.2, -0.15) is 5.10 Å². The van der Waals surface area contributed by atoms with Crippen molar-refractivity contribution in [3.63, 3.8) is 0 Å². The first-order chi connectivity index (χ1) is 13.3. The second-order valence-electron chi connectivity index (χ2n) is 5.09. The standard InChI is InChI=1S/C17H14ClN3O7/c1-26-15-7-10(3-6-14(15)28-17(23)27-2)9-19-20-16(22)11-4-5-12(18)13(8-11)21(24)25/h3-9H,1-2H3,(H,20,22)/b19-9-. The lowest BCUT2D eigenvalue weighted by Crippen LogP contribution is -2.17. The van der Waals surface area contributed by atoms with Gasteiger partial charge in [0.05, 0.1) is 25.4 Å². The van der Waals surface area contributed by atoms with Crippen LogP contribution in [0.15, 0.2) is 41.5 Å². The van der Waals surface area contributed by atoms with Gasteiger partial charge in [-0.25, -0.2) is 10.2 Å². The molecule has 0 aliphatic carbocycles. The van der Waals surface area contributed by atoms with Crippen LogP contribution in [0.4, 0.5) is 10.5 Å². The summed E-state index contributed by atoms with van der Waals surface area (Å²) in [6.07, 6.45) is 0.413. The Bertz CT molecular complexity index is 946. The second-order valence-corrected chi connectivity index (χ2v) is 5.50. The fraction of sp³-hybridized carbons (Fsp3) is 0.118. The molecule has 0 bridgehead atoms. The number of hydrogen-bond donors (Lipinski definition) is 1. The summed E-state index contributed by atoms with van der Waals surface area (Å²) in [5.41, 5.74) is 2.41. The molecular formula is C17H14ClN3O7. The first kappa shape index (κ1) is 20.6. The van der Waals surface area contributed by atoms with Gasteiger partial charge in [0, 0.05) is 11.6 Å². The Morgan fingerprint density at radius 1 is 1.18 bits per heavy atom. The van der Waals surface area contributed by atoms with Crippen LogP contribution >= 0.6 is 11.6 Å². The summed E-state index contributed by atoms with van der Waals surface area (Å²) >= 11 is 5.71. The highest BCUT2D eigenvalue weighted by Gasteiger charge is 2.16. The topological polar surface area (TPSA) is 129 Å². The third kappa shape index (κ3) is 5.17. The molecule has 0 saturated carbocycles. The number of amides is 1. The number of rotatable bonds is 6. The van der Waals surface area contributed by atoms with E-state index in [4.69, 9.17) is 21.1 Å². The average Bonchev–Trinajstić information content (AvgIpc) is 2.68. The van der Waals surface area contributed by atoms with E-state index in [0.717, 1.165) is 6.07 Å². The van der Waals surface area contributed by atoms with Gasteiger partial charge in [-0.3, -0.25) is 14.9 Å². The van der Waals surface area contributed by atoms with E-state index in [0.29, 0.717) is 5.56 Å². The number of halogens is 1. The molecule has 0 saturated heterocycles. The zero-order valence-corrected chi connectivity index (χ0v) is 15.4. The van der Waals surface area contributed by atoms with Gasteiger partial charge < -0.3 is 14.2 Å². The fourth-order valence-electron chi connectivity index (χ4n) is 2.00. The molecule has 1 amide bonds. The molecule has 2 aromatic rings. The fourth-order valence-corrected chi connectivity index (χ4v) is 2.19. The highest BCUT2D eigenvalue weighted by Crippen LogP contribution is 2.28. The molecule has 0 fully saturated rings. The number of hydrogen-bond acceptors (Lipinski definition) is 8. The normalized spacial score (nSPS) is 10.4. The molecule has 2 rings (SSSR count). The molecule has 28 heavy (non-hydrogen) atoms. The average molecular weight is 408 g/mol. The van der Waals surface area contributed by atoms with Crippen molar-refractivity contribution in [2.75, 3.05) is 14.2 Å². The lowest BCUT2D eigenvalue weighted by Gasteiger charge is -2.08. The van der Waals surface area contributed by atoms with Crippen molar-refractivity contribution < 1.29 is 28.7 Å². The van der Waals surface area contributed by atoms with E-state index in [-0.39, 0.29) is 27.8 Å². The number of nitro groups is 1. The third-order valence-electron chi connectivity index (χ3n) is 3.33. The van der Waals surface area contributed by atoms with Gasteiger partial charge in [0.1, 0.15) is 5.02 Å². The molecule has 11 heteroatoms. The van der Waals surface area contributed by atoms with Crippen LogP contribution in [0.3, 0.4) is 0 Å². The second kappa shape index (κ2) is 9.33.